The Bertz CT molecular complexity index is 954. The molecular weight excluding hydrogens is 446 g/mol. The lowest BCUT2D eigenvalue weighted by Crippen LogP contribution is -2.27. The Labute approximate surface area is 179 Å². The van der Waals surface area contributed by atoms with Crippen LogP contribution in [0.15, 0.2) is 36.7 Å². The maximum absolute atomic E-state index is 13.5. The van der Waals surface area contributed by atoms with Crippen molar-refractivity contribution in [3.05, 3.63) is 58.5 Å². The molecule has 11 heteroatoms. The molecule has 0 bridgehead atoms. The van der Waals surface area contributed by atoms with Crippen molar-refractivity contribution in [3.63, 3.8) is 0 Å². The predicted octanol–water partition coefficient (Wildman–Crippen LogP) is 6.36. The molecule has 1 aliphatic carbocycles. The predicted molar refractivity (Wildman–Crippen MR) is 105 cm³/mol. The first-order chi connectivity index (χ1) is 14.4. The van der Waals surface area contributed by atoms with Gasteiger partial charge in [0.05, 0.1) is 16.3 Å². The third-order valence-corrected chi connectivity index (χ3v) is 5.26. The molecule has 1 heterocycles. The van der Waals surface area contributed by atoms with Gasteiger partial charge < -0.3 is 10.6 Å². The minimum atomic E-state index is -4.76. The lowest BCUT2D eigenvalue weighted by molar-refractivity contribution is -0.141. The number of benzene rings is 1. The van der Waals surface area contributed by atoms with Gasteiger partial charge in [0, 0.05) is 30.4 Å². The first-order valence-electron chi connectivity index (χ1n) is 9.42. The van der Waals surface area contributed by atoms with Gasteiger partial charge in [-0.1, -0.05) is 24.6 Å². The minimum absolute atomic E-state index is 0.0536. The average molecular weight is 465 g/mol. The molecule has 0 atom stereocenters. The quantitative estimate of drug-likeness (QED) is 0.468. The van der Waals surface area contributed by atoms with Crippen molar-refractivity contribution in [1.82, 2.24) is 15.3 Å². The number of rotatable bonds is 7. The summed E-state index contributed by atoms with van der Waals surface area (Å²) in [6.45, 7) is 4.43. The Balaban J connectivity index is 1.77. The van der Waals surface area contributed by atoms with Gasteiger partial charge in [-0.3, -0.25) is 0 Å². The van der Waals surface area contributed by atoms with Crippen molar-refractivity contribution in [3.8, 4) is 0 Å². The van der Waals surface area contributed by atoms with Crippen molar-refractivity contribution >= 4 is 23.2 Å². The standard InChI is InChI=1S/C20H19ClF6N4/c1-11(28-9-12-3-2-4-12)7-13-10-29-18(31-17(13)20(25,26)27)30-16-6-5-14(8-15(16)21)19(22,23)24/h5-6,8,10,12,28H,1-4,7,9H2,(H,29,30,31). The topological polar surface area (TPSA) is 49.8 Å². The maximum Gasteiger partial charge on any atom is 0.433 e. The number of allylic oxidation sites excluding steroid dienone is 1. The van der Waals surface area contributed by atoms with Gasteiger partial charge in [-0.15, -0.1) is 0 Å². The lowest BCUT2D eigenvalue weighted by atomic mass is 9.85. The molecule has 0 spiro atoms. The zero-order chi connectivity index (χ0) is 22.8. The van der Waals surface area contributed by atoms with Gasteiger partial charge in [-0.25, -0.2) is 9.97 Å². The molecule has 4 nitrogen and oxygen atoms in total. The number of nitrogens with zero attached hydrogens (tertiary/aromatic N) is 2. The van der Waals surface area contributed by atoms with Crippen LogP contribution in [0.4, 0.5) is 38.0 Å². The SMILES string of the molecule is C=C(Cc1cnc(Nc2ccc(C(F)(F)F)cc2Cl)nc1C(F)(F)F)NCC1CCC1. The molecule has 1 aromatic carbocycles. The van der Waals surface area contributed by atoms with E-state index in [-0.39, 0.29) is 22.7 Å². The second-order valence-electron chi connectivity index (χ2n) is 7.34. The van der Waals surface area contributed by atoms with Crippen LogP contribution in [-0.4, -0.2) is 16.5 Å². The zero-order valence-electron chi connectivity index (χ0n) is 16.2. The Morgan fingerprint density at radius 1 is 1.13 bits per heavy atom. The van der Waals surface area contributed by atoms with E-state index in [1.165, 1.54) is 0 Å². The van der Waals surface area contributed by atoms with Crippen LogP contribution in [0.25, 0.3) is 0 Å². The number of aromatic nitrogens is 2. The highest BCUT2D eigenvalue weighted by molar-refractivity contribution is 6.33. The van der Waals surface area contributed by atoms with E-state index in [9.17, 15) is 26.3 Å². The fourth-order valence-electron chi connectivity index (χ4n) is 3.03. The van der Waals surface area contributed by atoms with Crippen LogP contribution in [0.5, 0.6) is 0 Å². The molecule has 168 valence electrons. The van der Waals surface area contributed by atoms with E-state index < -0.39 is 29.6 Å². The summed E-state index contributed by atoms with van der Waals surface area (Å²) in [6, 6.07) is 2.42. The molecule has 1 saturated carbocycles. The molecule has 0 amide bonds. The zero-order valence-corrected chi connectivity index (χ0v) is 16.9. The molecule has 2 N–H and O–H groups in total. The van der Waals surface area contributed by atoms with Gasteiger partial charge in [-0.2, -0.15) is 26.3 Å². The first kappa shape index (κ1) is 23.2. The molecule has 1 aromatic heterocycles. The number of anilines is 2. The van der Waals surface area contributed by atoms with Crippen molar-refractivity contribution < 1.29 is 26.3 Å². The average Bonchev–Trinajstić information content (AvgIpc) is 2.61. The van der Waals surface area contributed by atoms with Gasteiger partial charge in [-0.05, 0) is 37.0 Å². The summed E-state index contributed by atoms with van der Waals surface area (Å²) in [5, 5.41) is 5.16. The molecule has 1 fully saturated rings. The highest BCUT2D eigenvalue weighted by Crippen LogP contribution is 2.36. The van der Waals surface area contributed by atoms with E-state index in [0.717, 1.165) is 37.6 Å². The first-order valence-corrected chi connectivity index (χ1v) is 9.80. The molecular formula is C20H19ClF6N4. The summed E-state index contributed by atoms with van der Waals surface area (Å²) >= 11 is 5.83. The summed E-state index contributed by atoms with van der Waals surface area (Å²) in [7, 11) is 0. The van der Waals surface area contributed by atoms with Gasteiger partial charge in [0.1, 0.15) is 0 Å². The second kappa shape index (κ2) is 8.94. The van der Waals surface area contributed by atoms with E-state index in [0.29, 0.717) is 24.2 Å². The van der Waals surface area contributed by atoms with Gasteiger partial charge in [0.15, 0.2) is 5.69 Å². The Morgan fingerprint density at radius 2 is 1.84 bits per heavy atom. The Kier molecular flexibility index (Phi) is 6.68. The van der Waals surface area contributed by atoms with Crippen molar-refractivity contribution in [2.75, 3.05) is 11.9 Å². The van der Waals surface area contributed by atoms with Gasteiger partial charge in [0.2, 0.25) is 5.95 Å². The third-order valence-electron chi connectivity index (χ3n) is 4.95. The third kappa shape index (κ3) is 6.03. The number of halogens is 7. The monoisotopic (exact) mass is 464 g/mol. The molecule has 0 unspecified atom stereocenters. The second-order valence-corrected chi connectivity index (χ2v) is 7.75. The highest BCUT2D eigenvalue weighted by Gasteiger charge is 2.36. The van der Waals surface area contributed by atoms with Gasteiger partial charge in [0.25, 0.3) is 0 Å². The summed E-state index contributed by atoms with van der Waals surface area (Å²) < 4.78 is 78.8. The molecule has 1 aliphatic rings. The van der Waals surface area contributed by atoms with Crippen LogP contribution < -0.4 is 10.6 Å². The number of nitrogens with one attached hydrogen (secondary N) is 2. The minimum Gasteiger partial charge on any atom is -0.388 e. The molecule has 2 aromatic rings. The van der Waals surface area contributed by atoms with E-state index >= 15 is 0 Å². The Morgan fingerprint density at radius 3 is 2.39 bits per heavy atom. The highest BCUT2D eigenvalue weighted by atomic mass is 35.5. The maximum atomic E-state index is 13.5. The van der Waals surface area contributed by atoms with Crippen molar-refractivity contribution in [1.29, 1.82) is 0 Å². The van der Waals surface area contributed by atoms with E-state index in [1.807, 2.05) is 0 Å². The normalized spacial score (nSPS) is 14.8. The molecule has 31 heavy (non-hydrogen) atoms. The van der Waals surface area contributed by atoms with Crippen LogP contribution >= 0.6 is 11.6 Å². The van der Waals surface area contributed by atoms with Crippen LogP contribution in [-0.2, 0) is 18.8 Å². The van der Waals surface area contributed by atoms with Crippen LogP contribution in [0.2, 0.25) is 5.02 Å². The largest absolute Gasteiger partial charge is 0.433 e. The summed E-state index contributed by atoms with van der Waals surface area (Å²) in [5.74, 6) is 0.0703. The summed E-state index contributed by atoms with van der Waals surface area (Å²) in [6.07, 6.45) is -5.11. The Hall–Kier alpha value is -2.49. The number of alkyl halides is 6. The van der Waals surface area contributed by atoms with Crippen LogP contribution in [0.1, 0.15) is 36.1 Å². The fraction of sp³-hybridized carbons (Fsp3) is 0.400. The van der Waals surface area contributed by atoms with Gasteiger partial charge >= 0.3 is 12.4 Å². The lowest BCUT2D eigenvalue weighted by Gasteiger charge is -2.26. The summed E-state index contributed by atoms with van der Waals surface area (Å²) in [5.41, 5.74) is -1.93. The number of hydrogen-bond donors (Lipinski definition) is 2. The van der Waals surface area contributed by atoms with Crippen LogP contribution in [0.3, 0.4) is 0 Å². The van der Waals surface area contributed by atoms with E-state index in [1.54, 1.807) is 0 Å². The molecule has 3 rings (SSSR count). The smallest absolute Gasteiger partial charge is 0.388 e. The van der Waals surface area contributed by atoms with E-state index in [4.69, 9.17) is 11.6 Å². The van der Waals surface area contributed by atoms with Crippen LogP contribution in [0, 0.1) is 5.92 Å². The summed E-state index contributed by atoms with van der Waals surface area (Å²) in [4.78, 5) is 7.39. The van der Waals surface area contributed by atoms with Crippen molar-refractivity contribution in [2.24, 2.45) is 5.92 Å². The van der Waals surface area contributed by atoms with Crippen molar-refractivity contribution in [2.45, 2.75) is 38.0 Å². The number of hydrogen-bond acceptors (Lipinski definition) is 4. The molecule has 0 radical (unpaired) electrons. The fourth-order valence-corrected chi connectivity index (χ4v) is 3.26. The molecule has 0 aliphatic heterocycles. The van der Waals surface area contributed by atoms with E-state index in [2.05, 4.69) is 27.2 Å². The molecule has 0 saturated heterocycles.